The van der Waals surface area contributed by atoms with Gasteiger partial charge in [-0.05, 0) is 37.1 Å². The van der Waals surface area contributed by atoms with E-state index in [2.05, 4.69) is 15.5 Å². The summed E-state index contributed by atoms with van der Waals surface area (Å²) in [5.74, 6) is 4.50. The van der Waals surface area contributed by atoms with Crippen molar-refractivity contribution in [2.45, 2.75) is 36.4 Å². The van der Waals surface area contributed by atoms with E-state index in [-0.39, 0.29) is 0 Å². The fraction of sp³-hybridized carbons (Fsp3) is 0.300. The molecule has 1 aromatic carbocycles. The van der Waals surface area contributed by atoms with Crippen LogP contribution in [0.25, 0.3) is 11.0 Å². The third-order valence-electron chi connectivity index (χ3n) is 4.25. The van der Waals surface area contributed by atoms with E-state index in [1.54, 1.807) is 32.2 Å². The number of hydrogen-bond acceptors (Lipinski definition) is 6. The van der Waals surface area contributed by atoms with Crippen LogP contribution in [0, 0.1) is 19.3 Å². The lowest BCUT2D eigenvalue weighted by atomic mass is 10.2. The summed E-state index contributed by atoms with van der Waals surface area (Å²) >= 11 is 1.56. The standard InChI is InChI=1S/C20H22N4O2S/c1-5-6-7-10-24-14-8-9-22-19(21)18(14)23-20(24)27-17-12-16(26-4)15(25-3)11-13(17)2/h1,8-9,11-12H,6-7,10H2,2-4H3,(H2,21,22). The van der Waals surface area contributed by atoms with Crippen LogP contribution in [0.15, 0.2) is 34.4 Å². The first-order chi connectivity index (χ1) is 13.1. The van der Waals surface area contributed by atoms with Crippen molar-refractivity contribution >= 4 is 28.6 Å². The highest BCUT2D eigenvalue weighted by molar-refractivity contribution is 7.99. The van der Waals surface area contributed by atoms with Crippen LogP contribution in [0.2, 0.25) is 0 Å². The van der Waals surface area contributed by atoms with Crippen LogP contribution in [0.5, 0.6) is 11.5 Å². The Hall–Kier alpha value is -2.85. The summed E-state index contributed by atoms with van der Waals surface area (Å²) in [5.41, 5.74) is 8.78. The molecule has 0 atom stereocenters. The van der Waals surface area contributed by atoms with E-state index in [1.807, 2.05) is 25.1 Å². The van der Waals surface area contributed by atoms with Gasteiger partial charge in [-0.1, -0.05) is 11.8 Å². The molecule has 140 valence electrons. The van der Waals surface area contributed by atoms with E-state index in [0.29, 0.717) is 29.3 Å². The number of anilines is 1. The Balaban J connectivity index is 2.05. The van der Waals surface area contributed by atoms with Gasteiger partial charge in [0.2, 0.25) is 0 Å². The first-order valence-corrected chi connectivity index (χ1v) is 9.35. The number of unbranched alkanes of at least 4 members (excludes halogenated alkanes) is 1. The molecule has 3 rings (SSSR count). The van der Waals surface area contributed by atoms with Crippen molar-refractivity contribution in [2.75, 3.05) is 20.0 Å². The zero-order valence-corrected chi connectivity index (χ0v) is 16.5. The Morgan fingerprint density at radius 3 is 2.70 bits per heavy atom. The number of nitrogens with two attached hydrogens (primary N) is 1. The SMILES string of the molecule is C#CCCCn1c(Sc2cc(OC)c(OC)cc2C)nc2c(N)nccc21. The van der Waals surface area contributed by atoms with E-state index < -0.39 is 0 Å². The topological polar surface area (TPSA) is 75.2 Å². The molecule has 2 N–H and O–H groups in total. The van der Waals surface area contributed by atoms with Crippen LogP contribution in [0.3, 0.4) is 0 Å². The Morgan fingerprint density at radius 2 is 2.00 bits per heavy atom. The van der Waals surface area contributed by atoms with Gasteiger partial charge in [-0.3, -0.25) is 0 Å². The number of benzene rings is 1. The van der Waals surface area contributed by atoms with E-state index in [4.69, 9.17) is 26.6 Å². The molecule has 0 unspecified atom stereocenters. The minimum Gasteiger partial charge on any atom is -0.493 e. The van der Waals surface area contributed by atoms with Crippen LogP contribution < -0.4 is 15.2 Å². The fourth-order valence-electron chi connectivity index (χ4n) is 2.85. The maximum atomic E-state index is 6.04. The lowest BCUT2D eigenvalue weighted by Crippen LogP contribution is -2.00. The molecule has 0 saturated carbocycles. The molecule has 0 aliphatic carbocycles. The van der Waals surface area contributed by atoms with Crippen LogP contribution in [0.4, 0.5) is 5.82 Å². The first kappa shape index (κ1) is 18.9. The van der Waals surface area contributed by atoms with Crippen LogP contribution in [0.1, 0.15) is 18.4 Å². The predicted molar refractivity (Wildman–Crippen MR) is 108 cm³/mol. The zero-order valence-electron chi connectivity index (χ0n) is 15.7. The maximum absolute atomic E-state index is 6.04. The first-order valence-electron chi connectivity index (χ1n) is 8.53. The van der Waals surface area contributed by atoms with E-state index in [9.17, 15) is 0 Å². The van der Waals surface area contributed by atoms with Crippen molar-refractivity contribution in [3.63, 3.8) is 0 Å². The summed E-state index contributed by atoms with van der Waals surface area (Å²) in [6.07, 6.45) is 8.68. The Kier molecular flexibility index (Phi) is 5.77. The summed E-state index contributed by atoms with van der Waals surface area (Å²) in [6, 6.07) is 5.86. The lowest BCUT2D eigenvalue weighted by molar-refractivity contribution is 0.353. The molecular weight excluding hydrogens is 360 g/mol. The largest absolute Gasteiger partial charge is 0.493 e. The van der Waals surface area contributed by atoms with Crippen molar-refractivity contribution in [3.8, 4) is 23.8 Å². The van der Waals surface area contributed by atoms with Gasteiger partial charge in [0.25, 0.3) is 0 Å². The van der Waals surface area contributed by atoms with Crippen LogP contribution in [-0.4, -0.2) is 28.8 Å². The summed E-state index contributed by atoms with van der Waals surface area (Å²) < 4.78 is 13.0. The quantitative estimate of drug-likeness (QED) is 0.493. The molecule has 0 saturated heterocycles. The normalized spacial score (nSPS) is 10.7. The fourth-order valence-corrected chi connectivity index (χ4v) is 3.87. The van der Waals surface area contributed by atoms with Crippen molar-refractivity contribution in [1.29, 1.82) is 0 Å². The molecule has 3 aromatic rings. The summed E-state index contributed by atoms with van der Waals surface area (Å²) in [5, 5.41) is 0.844. The second kappa shape index (κ2) is 8.23. The summed E-state index contributed by atoms with van der Waals surface area (Å²) in [4.78, 5) is 9.93. The van der Waals surface area contributed by atoms with Gasteiger partial charge in [0.1, 0.15) is 5.52 Å². The van der Waals surface area contributed by atoms with Crippen molar-refractivity contribution in [1.82, 2.24) is 14.5 Å². The van der Waals surface area contributed by atoms with Gasteiger partial charge in [-0.25, -0.2) is 9.97 Å². The number of fused-ring (bicyclic) bond motifs is 1. The number of aryl methyl sites for hydroxylation is 2. The third kappa shape index (κ3) is 3.81. The molecule has 0 amide bonds. The minimum atomic E-state index is 0.425. The molecule has 6 nitrogen and oxygen atoms in total. The van der Waals surface area contributed by atoms with E-state index in [0.717, 1.165) is 34.1 Å². The molecule has 0 aliphatic rings. The third-order valence-corrected chi connectivity index (χ3v) is 5.40. The van der Waals surface area contributed by atoms with Crippen LogP contribution >= 0.6 is 11.8 Å². The Morgan fingerprint density at radius 1 is 1.26 bits per heavy atom. The number of hydrogen-bond donors (Lipinski definition) is 1. The van der Waals surface area contributed by atoms with Crippen LogP contribution in [-0.2, 0) is 6.54 Å². The van der Waals surface area contributed by atoms with E-state index in [1.165, 1.54) is 0 Å². The van der Waals surface area contributed by atoms with Gasteiger partial charge in [0.15, 0.2) is 22.5 Å². The number of rotatable bonds is 7. The maximum Gasteiger partial charge on any atom is 0.174 e. The average molecular weight is 382 g/mol. The minimum absolute atomic E-state index is 0.425. The molecule has 0 fully saturated rings. The van der Waals surface area contributed by atoms with Crippen molar-refractivity contribution in [2.24, 2.45) is 0 Å². The van der Waals surface area contributed by atoms with Gasteiger partial charge in [-0.15, -0.1) is 12.3 Å². The molecule has 2 aromatic heterocycles. The van der Waals surface area contributed by atoms with Gasteiger partial charge in [-0.2, -0.15) is 0 Å². The van der Waals surface area contributed by atoms with Gasteiger partial charge < -0.3 is 19.8 Å². The lowest BCUT2D eigenvalue weighted by Gasteiger charge is -2.13. The molecule has 2 heterocycles. The number of nitrogen functional groups attached to an aromatic ring is 1. The monoisotopic (exact) mass is 382 g/mol. The number of methoxy groups -OCH3 is 2. The van der Waals surface area contributed by atoms with Gasteiger partial charge >= 0.3 is 0 Å². The number of imidazole rings is 1. The average Bonchev–Trinajstić information content (AvgIpc) is 3.02. The number of terminal acetylenes is 1. The number of aromatic nitrogens is 3. The Labute approximate surface area is 163 Å². The molecule has 0 radical (unpaired) electrons. The number of pyridine rings is 1. The highest BCUT2D eigenvalue weighted by atomic mass is 32.2. The number of nitrogens with zero attached hydrogens (tertiary/aromatic N) is 3. The second-order valence-electron chi connectivity index (χ2n) is 5.99. The molecule has 0 bridgehead atoms. The highest BCUT2D eigenvalue weighted by Crippen LogP contribution is 2.39. The van der Waals surface area contributed by atoms with Crippen molar-refractivity contribution < 1.29 is 9.47 Å². The Bertz CT molecular complexity index is 1010. The van der Waals surface area contributed by atoms with Gasteiger partial charge in [0, 0.05) is 24.1 Å². The molecule has 0 spiro atoms. The predicted octanol–water partition coefficient (Wildman–Crippen LogP) is 3.90. The zero-order chi connectivity index (χ0) is 19.4. The summed E-state index contributed by atoms with van der Waals surface area (Å²) in [7, 11) is 3.26. The highest BCUT2D eigenvalue weighted by Gasteiger charge is 2.17. The number of ether oxygens (including phenoxy) is 2. The van der Waals surface area contributed by atoms with Gasteiger partial charge in [0.05, 0.1) is 19.7 Å². The molecule has 0 aliphatic heterocycles. The molecular formula is C20H22N4O2S. The molecule has 7 heteroatoms. The smallest absolute Gasteiger partial charge is 0.174 e. The summed E-state index contributed by atoms with van der Waals surface area (Å²) in [6.45, 7) is 2.80. The molecule has 27 heavy (non-hydrogen) atoms. The second-order valence-corrected chi connectivity index (χ2v) is 7.00. The van der Waals surface area contributed by atoms with Crippen molar-refractivity contribution in [3.05, 3.63) is 30.0 Å². The van der Waals surface area contributed by atoms with E-state index >= 15 is 0 Å².